The molecule has 0 aliphatic rings. The molecule has 1 heterocycles. The summed E-state index contributed by atoms with van der Waals surface area (Å²) in [6, 6.07) is 23.7. The zero-order valence-electron chi connectivity index (χ0n) is 18.9. The van der Waals surface area contributed by atoms with Crippen LogP contribution in [0.2, 0.25) is 0 Å². The highest BCUT2D eigenvalue weighted by Gasteiger charge is 2.18. The number of para-hydroxylation sites is 1. The van der Waals surface area contributed by atoms with Crippen LogP contribution < -0.4 is 10.1 Å². The number of thioether (sulfide) groups is 1. The standard InChI is InChI=1S/C26H26N4O2S/c1-4-32-22-15-13-21(14-16-22)30-25(20-11-6-5-7-12-20)28-29-26(30)33-17-23(31)27-24-18(2)9-8-10-19(24)3/h5-16H,4,17H2,1-3H3,(H,27,31). The molecule has 0 bridgehead atoms. The van der Waals surface area contributed by atoms with E-state index in [1.807, 2.05) is 98.1 Å². The molecule has 33 heavy (non-hydrogen) atoms. The van der Waals surface area contributed by atoms with Crippen LogP contribution in [-0.2, 0) is 4.79 Å². The highest BCUT2D eigenvalue weighted by Crippen LogP contribution is 2.29. The Morgan fingerprint density at radius 2 is 1.64 bits per heavy atom. The van der Waals surface area contributed by atoms with Gasteiger partial charge in [-0.1, -0.05) is 60.3 Å². The molecule has 6 nitrogen and oxygen atoms in total. The van der Waals surface area contributed by atoms with Crippen LogP contribution in [0.15, 0.2) is 78.0 Å². The van der Waals surface area contributed by atoms with Crippen molar-refractivity contribution in [3.8, 4) is 22.8 Å². The number of rotatable bonds is 8. The van der Waals surface area contributed by atoms with E-state index in [1.54, 1.807) is 0 Å². The molecule has 168 valence electrons. The number of carbonyl (C=O) groups excluding carboxylic acids is 1. The lowest BCUT2D eigenvalue weighted by molar-refractivity contribution is -0.113. The van der Waals surface area contributed by atoms with Crippen molar-refractivity contribution in [3.05, 3.63) is 83.9 Å². The molecule has 1 amide bonds. The average molecular weight is 459 g/mol. The van der Waals surface area contributed by atoms with Gasteiger partial charge in [-0.05, 0) is 56.2 Å². The van der Waals surface area contributed by atoms with Crippen molar-refractivity contribution in [1.29, 1.82) is 0 Å². The molecular weight excluding hydrogens is 432 g/mol. The zero-order chi connectivity index (χ0) is 23.2. The molecule has 0 aliphatic carbocycles. The van der Waals surface area contributed by atoms with Gasteiger partial charge in [0.2, 0.25) is 5.91 Å². The van der Waals surface area contributed by atoms with Crippen molar-refractivity contribution < 1.29 is 9.53 Å². The predicted octanol–water partition coefficient (Wildman–Crippen LogP) is 5.68. The maximum Gasteiger partial charge on any atom is 0.234 e. The Kier molecular flexibility index (Phi) is 7.10. The summed E-state index contributed by atoms with van der Waals surface area (Å²) in [5.41, 5.74) is 4.79. The molecule has 0 aliphatic heterocycles. The second-order valence-electron chi connectivity index (χ2n) is 7.54. The second-order valence-corrected chi connectivity index (χ2v) is 8.48. The van der Waals surface area contributed by atoms with Crippen molar-refractivity contribution in [3.63, 3.8) is 0 Å². The molecule has 0 radical (unpaired) electrons. The summed E-state index contributed by atoms with van der Waals surface area (Å²) in [7, 11) is 0. The molecule has 4 aromatic rings. The van der Waals surface area contributed by atoms with Gasteiger partial charge in [0.15, 0.2) is 11.0 Å². The smallest absolute Gasteiger partial charge is 0.234 e. The Balaban J connectivity index is 1.60. The third kappa shape index (κ3) is 5.26. The van der Waals surface area contributed by atoms with Gasteiger partial charge in [0.1, 0.15) is 5.75 Å². The van der Waals surface area contributed by atoms with E-state index in [1.165, 1.54) is 11.8 Å². The first-order valence-electron chi connectivity index (χ1n) is 10.8. The average Bonchev–Trinajstić information content (AvgIpc) is 3.25. The molecule has 0 fully saturated rings. The van der Waals surface area contributed by atoms with Gasteiger partial charge in [-0.3, -0.25) is 9.36 Å². The summed E-state index contributed by atoms with van der Waals surface area (Å²) in [4.78, 5) is 12.7. The number of nitrogens with one attached hydrogen (secondary N) is 1. The quantitative estimate of drug-likeness (QED) is 0.344. The summed E-state index contributed by atoms with van der Waals surface area (Å²) in [5, 5.41) is 12.5. The molecule has 0 saturated heterocycles. The third-order valence-corrected chi connectivity index (χ3v) is 6.08. The minimum Gasteiger partial charge on any atom is -0.494 e. The first-order chi connectivity index (χ1) is 16.1. The number of hydrogen-bond acceptors (Lipinski definition) is 5. The Hall–Kier alpha value is -3.58. The Labute approximate surface area is 198 Å². The van der Waals surface area contributed by atoms with E-state index in [9.17, 15) is 4.79 Å². The van der Waals surface area contributed by atoms with Crippen molar-refractivity contribution in [2.75, 3.05) is 17.7 Å². The van der Waals surface area contributed by atoms with Gasteiger partial charge >= 0.3 is 0 Å². The minimum absolute atomic E-state index is 0.0834. The Bertz CT molecular complexity index is 1220. The Morgan fingerprint density at radius 3 is 2.30 bits per heavy atom. The minimum atomic E-state index is -0.0834. The maximum absolute atomic E-state index is 12.7. The van der Waals surface area contributed by atoms with E-state index in [4.69, 9.17) is 4.74 Å². The largest absolute Gasteiger partial charge is 0.494 e. The van der Waals surface area contributed by atoms with E-state index in [0.29, 0.717) is 11.8 Å². The fraction of sp³-hybridized carbons (Fsp3) is 0.192. The lowest BCUT2D eigenvalue weighted by Crippen LogP contribution is -2.16. The molecule has 3 aromatic carbocycles. The third-order valence-electron chi connectivity index (χ3n) is 5.15. The fourth-order valence-electron chi connectivity index (χ4n) is 3.55. The number of nitrogens with zero attached hydrogens (tertiary/aromatic N) is 3. The number of hydrogen-bond donors (Lipinski definition) is 1. The second kappa shape index (κ2) is 10.4. The van der Waals surface area contributed by atoms with Crippen LogP contribution in [0.3, 0.4) is 0 Å². The highest BCUT2D eigenvalue weighted by atomic mass is 32.2. The van der Waals surface area contributed by atoms with Crippen LogP contribution in [0.1, 0.15) is 18.1 Å². The highest BCUT2D eigenvalue weighted by molar-refractivity contribution is 7.99. The molecule has 4 rings (SSSR count). The lowest BCUT2D eigenvalue weighted by atomic mass is 10.1. The SMILES string of the molecule is CCOc1ccc(-n2c(SCC(=O)Nc3c(C)cccc3C)nnc2-c2ccccc2)cc1. The first-order valence-corrected chi connectivity index (χ1v) is 11.8. The summed E-state index contributed by atoms with van der Waals surface area (Å²) < 4.78 is 7.55. The van der Waals surface area contributed by atoms with E-state index in [0.717, 1.165) is 39.6 Å². The molecule has 0 unspecified atom stereocenters. The van der Waals surface area contributed by atoms with Gasteiger partial charge in [0.05, 0.1) is 12.4 Å². The summed E-state index contributed by atoms with van der Waals surface area (Å²) in [5.74, 6) is 1.66. The van der Waals surface area contributed by atoms with Crippen molar-refractivity contribution in [2.45, 2.75) is 25.9 Å². The van der Waals surface area contributed by atoms with Gasteiger partial charge in [0.25, 0.3) is 0 Å². The lowest BCUT2D eigenvalue weighted by Gasteiger charge is -2.13. The number of anilines is 1. The van der Waals surface area contributed by atoms with E-state index >= 15 is 0 Å². The number of amides is 1. The molecule has 7 heteroatoms. The van der Waals surface area contributed by atoms with Crippen molar-refractivity contribution >= 4 is 23.4 Å². The number of aromatic nitrogens is 3. The summed E-state index contributed by atoms with van der Waals surface area (Å²) in [6.07, 6.45) is 0. The van der Waals surface area contributed by atoms with Crippen LogP contribution in [0.4, 0.5) is 5.69 Å². The van der Waals surface area contributed by atoms with Crippen molar-refractivity contribution in [2.24, 2.45) is 0 Å². The maximum atomic E-state index is 12.7. The monoisotopic (exact) mass is 458 g/mol. The molecule has 1 aromatic heterocycles. The summed E-state index contributed by atoms with van der Waals surface area (Å²) >= 11 is 1.36. The predicted molar refractivity (Wildman–Crippen MR) is 133 cm³/mol. The molecular formula is C26H26N4O2S. The van der Waals surface area contributed by atoms with Gasteiger partial charge < -0.3 is 10.1 Å². The molecule has 0 saturated carbocycles. The van der Waals surface area contributed by atoms with E-state index in [2.05, 4.69) is 15.5 Å². The molecule has 1 N–H and O–H groups in total. The van der Waals surface area contributed by atoms with Gasteiger partial charge in [-0.25, -0.2) is 0 Å². The molecule has 0 atom stereocenters. The van der Waals surface area contributed by atoms with Crippen LogP contribution >= 0.6 is 11.8 Å². The van der Waals surface area contributed by atoms with Gasteiger partial charge in [-0.2, -0.15) is 0 Å². The topological polar surface area (TPSA) is 69.0 Å². The first kappa shape index (κ1) is 22.6. The number of aryl methyl sites for hydroxylation is 2. The van der Waals surface area contributed by atoms with Crippen LogP contribution in [0.25, 0.3) is 17.1 Å². The number of benzene rings is 3. The van der Waals surface area contributed by atoms with E-state index in [-0.39, 0.29) is 11.7 Å². The summed E-state index contributed by atoms with van der Waals surface area (Å²) in [6.45, 7) is 6.55. The van der Waals surface area contributed by atoms with Gasteiger partial charge in [0, 0.05) is 16.9 Å². The normalized spacial score (nSPS) is 10.8. The van der Waals surface area contributed by atoms with Crippen LogP contribution in [-0.4, -0.2) is 33.0 Å². The Morgan fingerprint density at radius 1 is 0.939 bits per heavy atom. The van der Waals surface area contributed by atoms with E-state index < -0.39 is 0 Å². The number of carbonyl (C=O) groups is 1. The zero-order valence-corrected chi connectivity index (χ0v) is 19.7. The van der Waals surface area contributed by atoms with Gasteiger partial charge in [-0.15, -0.1) is 10.2 Å². The molecule has 0 spiro atoms. The number of ether oxygens (including phenoxy) is 1. The van der Waals surface area contributed by atoms with Crippen molar-refractivity contribution in [1.82, 2.24) is 14.8 Å². The van der Waals surface area contributed by atoms with Crippen LogP contribution in [0.5, 0.6) is 5.75 Å². The fourth-order valence-corrected chi connectivity index (χ4v) is 4.30. The van der Waals surface area contributed by atoms with Crippen LogP contribution in [0, 0.1) is 13.8 Å².